The number of aromatic nitrogens is 2. The molecule has 0 saturated heterocycles. The van der Waals surface area contributed by atoms with Crippen molar-refractivity contribution in [3.05, 3.63) is 18.1 Å². The lowest BCUT2D eigenvalue weighted by atomic mass is 10.1. The minimum Gasteiger partial charge on any atom is -0.380 e. The normalized spacial score (nSPS) is 12.2. The zero-order valence-corrected chi connectivity index (χ0v) is 13.3. The number of amides is 1. The number of carbonyl (C=O) groups is 1. The molecule has 0 aliphatic carbocycles. The molecule has 1 atom stereocenters. The Morgan fingerprint density at radius 2 is 2.05 bits per heavy atom. The van der Waals surface area contributed by atoms with Gasteiger partial charge in [-0.25, -0.2) is 9.97 Å². The summed E-state index contributed by atoms with van der Waals surface area (Å²) in [6.07, 6.45) is 4.08. The highest BCUT2D eigenvalue weighted by molar-refractivity contribution is 5.92. The third-order valence-electron chi connectivity index (χ3n) is 3.06. The summed E-state index contributed by atoms with van der Waals surface area (Å²) in [5.74, 6) is 0.755. The van der Waals surface area contributed by atoms with Gasteiger partial charge < -0.3 is 15.4 Å². The van der Waals surface area contributed by atoms with Crippen molar-refractivity contribution in [2.45, 2.75) is 40.2 Å². The van der Waals surface area contributed by atoms with Gasteiger partial charge in [-0.3, -0.25) is 4.79 Å². The van der Waals surface area contributed by atoms with Crippen LogP contribution in [0.4, 0.5) is 5.82 Å². The first-order chi connectivity index (χ1) is 10.1. The molecule has 0 fully saturated rings. The summed E-state index contributed by atoms with van der Waals surface area (Å²) in [6, 6.07) is -0.0304. The van der Waals surface area contributed by atoms with Gasteiger partial charge in [0.2, 0.25) is 0 Å². The third kappa shape index (κ3) is 6.08. The molecule has 0 saturated carbocycles. The van der Waals surface area contributed by atoms with E-state index in [0.717, 1.165) is 13.0 Å². The van der Waals surface area contributed by atoms with Crippen LogP contribution in [-0.2, 0) is 4.74 Å². The van der Waals surface area contributed by atoms with Gasteiger partial charge in [-0.1, -0.05) is 20.8 Å². The minimum atomic E-state index is -0.219. The van der Waals surface area contributed by atoms with Crippen LogP contribution in [0.1, 0.15) is 44.6 Å². The standard InChI is InChI=1S/C15H26N4O2/c1-5-7-16-14-9-17-12(8-18-14)15(20)19-13(11(3)4)10-21-6-2/h8-9,11,13H,5-7,10H2,1-4H3,(H,16,18)(H,19,20). The first kappa shape index (κ1) is 17.4. The molecule has 0 spiro atoms. The average molecular weight is 294 g/mol. The Morgan fingerprint density at radius 1 is 1.29 bits per heavy atom. The van der Waals surface area contributed by atoms with Gasteiger partial charge in [0.25, 0.3) is 5.91 Å². The van der Waals surface area contributed by atoms with Crippen LogP contribution in [0.25, 0.3) is 0 Å². The Hall–Kier alpha value is -1.69. The van der Waals surface area contributed by atoms with Crippen LogP contribution in [0, 0.1) is 5.92 Å². The number of anilines is 1. The van der Waals surface area contributed by atoms with Crippen LogP contribution in [0.15, 0.2) is 12.4 Å². The predicted octanol–water partition coefficient (Wildman–Crippen LogP) is 2.09. The maximum atomic E-state index is 12.2. The van der Waals surface area contributed by atoms with E-state index in [0.29, 0.717) is 30.6 Å². The van der Waals surface area contributed by atoms with E-state index in [2.05, 4.69) is 27.5 Å². The van der Waals surface area contributed by atoms with E-state index in [9.17, 15) is 4.79 Å². The van der Waals surface area contributed by atoms with Crippen LogP contribution in [0.3, 0.4) is 0 Å². The summed E-state index contributed by atoms with van der Waals surface area (Å²) in [6.45, 7) is 10.1. The number of hydrogen-bond donors (Lipinski definition) is 2. The largest absolute Gasteiger partial charge is 0.380 e. The van der Waals surface area contributed by atoms with Crippen molar-refractivity contribution in [3.8, 4) is 0 Å². The summed E-state index contributed by atoms with van der Waals surface area (Å²) >= 11 is 0. The Balaban J connectivity index is 2.60. The molecule has 21 heavy (non-hydrogen) atoms. The van der Waals surface area contributed by atoms with E-state index in [1.54, 1.807) is 6.20 Å². The summed E-state index contributed by atoms with van der Waals surface area (Å²) < 4.78 is 5.40. The molecule has 1 amide bonds. The van der Waals surface area contributed by atoms with Crippen molar-refractivity contribution >= 4 is 11.7 Å². The van der Waals surface area contributed by atoms with Gasteiger partial charge in [0.05, 0.1) is 25.0 Å². The molecule has 1 heterocycles. The fourth-order valence-corrected chi connectivity index (χ4v) is 1.68. The van der Waals surface area contributed by atoms with Gasteiger partial charge in [0.1, 0.15) is 11.5 Å². The molecule has 0 aliphatic heterocycles. The molecule has 6 nitrogen and oxygen atoms in total. The van der Waals surface area contributed by atoms with Crippen molar-refractivity contribution in [2.75, 3.05) is 25.1 Å². The number of rotatable bonds is 9. The van der Waals surface area contributed by atoms with E-state index in [1.165, 1.54) is 6.20 Å². The first-order valence-electron chi connectivity index (χ1n) is 7.53. The predicted molar refractivity (Wildman–Crippen MR) is 83.4 cm³/mol. The zero-order valence-electron chi connectivity index (χ0n) is 13.3. The van der Waals surface area contributed by atoms with Crippen molar-refractivity contribution in [3.63, 3.8) is 0 Å². The van der Waals surface area contributed by atoms with Crippen LogP contribution in [0.2, 0.25) is 0 Å². The van der Waals surface area contributed by atoms with Gasteiger partial charge in [-0.2, -0.15) is 0 Å². The molecule has 0 bridgehead atoms. The van der Waals surface area contributed by atoms with Gasteiger partial charge in [-0.15, -0.1) is 0 Å². The van der Waals surface area contributed by atoms with E-state index < -0.39 is 0 Å². The summed E-state index contributed by atoms with van der Waals surface area (Å²) in [5, 5.41) is 6.07. The van der Waals surface area contributed by atoms with Crippen molar-refractivity contribution in [2.24, 2.45) is 5.92 Å². The van der Waals surface area contributed by atoms with Gasteiger partial charge >= 0.3 is 0 Å². The zero-order chi connectivity index (χ0) is 15.7. The molecule has 118 valence electrons. The molecule has 1 aromatic heterocycles. The molecular formula is C15H26N4O2. The van der Waals surface area contributed by atoms with Crippen LogP contribution in [0.5, 0.6) is 0 Å². The van der Waals surface area contributed by atoms with Crippen LogP contribution in [-0.4, -0.2) is 41.7 Å². The van der Waals surface area contributed by atoms with Crippen molar-refractivity contribution in [1.29, 1.82) is 0 Å². The highest BCUT2D eigenvalue weighted by atomic mass is 16.5. The van der Waals surface area contributed by atoms with Gasteiger partial charge in [-0.05, 0) is 19.3 Å². The number of nitrogens with one attached hydrogen (secondary N) is 2. The molecule has 1 aromatic rings. The SMILES string of the molecule is CCCNc1cnc(C(=O)NC(COCC)C(C)C)cn1. The molecule has 6 heteroatoms. The second kappa shape index (κ2) is 9.28. The number of hydrogen-bond acceptors (Lipinski definition) is 5. The highest BCUT2D eigenvalue weighted by Gasteiger charge is 2.18. The Morgan fingerprint density at radius 3 is 2.57 bits per heavy atom. The topological polar surface area (TPSA) is 76.1 Å². The van der Waals surface area contributed by atoms with E-state index >= 15 is 0 Å². The maximum absolute atomic E-state index is 12.2. The first-order valence-corrected chi connectivity index (χ1v) is 7.53. The van der Waals surface area contributed by atoms with E-state index in [-0.39, 0.29) is 11.9 Å². The third-order valence-corrected chi connectivity index (χ3v) is 3.06. The fraction of sp³-hybridized carbons (Fsp3) is 0.667. The number of ether oxygens (including phenoxy) is 1. The number of nitrogens with zero attached hydrogens (tertiary/aromatic N) is 2. The maximum Gasteiger partial charge on any atom is 0.271 e. The molecule has 2 N–H and O–H groups in total. The van der Waals surface area contributed by atoms with Gasteiger partial charge in [0.15, 0.2) is 0 Å². The van der Waals surface area contributed by atoms with Crippen LogP contribution < -0.4 is 10.6 Å². The van der Waals surface area contributed by atoms with Gasteiger partial charge in [0, 0.05) is 13.2 Å². The highest BCUT2D eigenvalue weighted by Crippen LogP contribution is 2.05. The lowest BCUT2D eigenvalue weighted by molar-refractivity contribution is 0.0801. The van der Waals surface area contributed by atoms with E-state index in [4.69, 9.17) is 4.74 Å². The molecule has 1 rings (SSSR count). The van der Waals surface area contributed by atoms with Crippen molar-refractivity contribution in [1.82, 2.24) is 15.3 Å². The minimum absolute atomic E-state index is 0.0304. The molecule has 0 radical (unpaired) electrons. The summed E-state index contributed by atoms with van der Waals surface area (Å²) in [4.78, 5) is 20.5. The molecular weight excluding hydrogens is 268 g/mol. The Bertz CT molecular complexity index is 420. The monoisotopic (exact) mass is 294 g/mol. The summed E-state index contributed by atoms with van der Waals surface area (Å²) in [5.41, 5.74) is 0.319. The lowest BCUT2D eigenvalue weighted by Crippen LogP contribution is -2.42. The quantitative estimate of drug-likeness (QED) is 0.729. The lowest BCUT2D eigenvalue weighted by Gasteiger charge is -2.21. The van der Waals surface area contributed by atoms with Crippen molar-refractivity contribution < 1.29 is 9.53 Å². The second-order valence-electron chi connectivity index (χ2n) is 5.20. The summed E-state index contributed by atoms with van der Waals surface area (Å²) in [7, 11) is 0. The van der Waals surface area contributed by atoms with Crippen LogP contribution >= 0.6 is 0 Å². The fourth-order valence-electron chi connectivity index (χ4n) is 1.68. The number of carbonyl (C=O) groups excluding carboxylic acids is 1. The molecule has 0 aliphatic rings. The Kier molecular flexibility index (Phi) is 7.68. The van der Waals surface area contributed by atoms with E-state index in [1.807, 2.05) is 20.8 Å². The average Bonchev–Trinajstić information content (AvgIpc) is 2.49. The molecule has 0 aromatic carbocycles. The smallest absolute Gasteiger partial charge is 0.271 e. The second-order valence-corrected chi connectivity index (χ2v) is 5.20. The molecule has 1 unspecified atom stereocenters. The Labute approximate surface area is 126 Å².